The SMILES string of the molecule is C/C(=C/c1cccc(C)c1)C(=O)Nc1ccc(-c2ccccc2S(N)(=O)=O)cc1. The first-order chi connectivity index (χ1) is 13.7. The number of anilines is 1. The van der Waals surface area contributed by atoms with E-state index >= 15 is 0 Å². The highest BCUT2D eigenvalue weighted by Crippen LogP contribution is 2.27. The molecule has 0 bridgehead atoms. The number of primary sulfonamides is 1. The Morgan fingerprint density at radius 1 is 0.966 bits per heavy atom. The third-order valence-electron chi connectivity index (χ3n) is 4.43. The van der Waals surface area contributed by atoms with Crippen LogP contribution in [0.15, 0.2) is 83.3 Å². The van der Waals surface area contributed by atoms with Crippen LogP contribution in [0, 0.1) is 6.92 Å². The van der Waals surface area contributed by atoms with Crippen molar-refractivity contribution in [2.24, 2.45) is 5.14 Å². The lowest BCUT2D eigenvalue weighted by Gasteiger charge is -2.10. The summed E-state index contributed by atoms with van der Waals surface area (Å²) in [5.41, 5.74) is 4.50. The fraction of sp³-hybridized carbons (Fsp3) is 0.0870. The van der Waals surface area contributed by atoms with Crippen LogP contribution < -0.4 is 10.5 Å². The number of amides is 1. The molecule has 0 aliphatic carbocycles. The highest BCUT2D eigenvalue weighted by atomic mass is 32.2. The summed E-state index contributed by atoms with van der Waals surface area (Å²) in [5, 5.41) is 8.16. The van der Waals surface area contributed by atoms with E-state index in [1.165, 1.54) is 6.07 Å². The molecular formula is C23H22N2O3S. The fourth-order valence-electron chi connectivity index (χ4n) is 2.99. The van der Waals surface area contributed by atoms with Gasteiger partial charge in [-0.05, 0) is 49.2 Å². The molecule has 0 aliphatic heterocycles. The normalized spacial score (nSPS) is 11.9. The van der Waals surface area contributed by atoms with Gasteiger partial charge in [-0.3, -0.25) is 4.79 Å². The second kappa shape index (κ2) is 8.43. The van der Waals surface area contributed by atoms with Crippen LogP contribution in [-0.4, -0.2) is 14.3 Å². The zero-order valence-corrected chi connectivity index (χ0v) is 17.0. The van der Waals surface area contributed by atoms with Crippen molar-refractivity contribution >= 4 is 27.7 Å². The lowest BCUT2D eigenvalue weighted by Crippen LogP contribution is -2.13. The van der Waals surface area contributed by atoms with Gasteiger partial charge in [0.2, 0.25) is 10.0 Å². The number of benzene rings is 3. The van der Waals surface area contributed by atoms with Gasteiger partial charge in [-0.15, -0.1) is 0 Å². The van der Waals surface area contributed by atoms with E-state index in [1.807, 2.05) is 37.3 Å². The average molecular weight is 407 g/mol. The number of carbonyl (C=O) groups is 1. The molecule has 1 amide bonds. The van der Waals surface area contributed by atoms with E-state index in [0.717, 1.165) is 11.1 Å². The van der Waals surface area contributed by atoms with E-state index in [2.05, 4.69) is 5.32 Å². The molecule has 0 aliphatic rings. The highest BCUT2D eigenvalue weighted by molar-refractivity contribution is 7.89. The molecule has 0 unspecified atom stereocenters. The summed E-state index contributed by atoms with van der Waals surface area (Å²) in [7, 11) is -3.83. The largest absolute Gasteiger partial charge is 0.322 e. The maximum Gasteiger partial charge on any atom is 0.251 e. The molecule has 5 nitrogen and oxygen atoms in total. The van der Waals surface area contributed by atoms with Crippen molar-refractivity contribution in [3.8, 4) is 11.1 Å². The maximum absolute atomic E-state index is 12.5. The molecule has 0 fully saturated rings. The third kappa shape index (κ3) is 5.19. The lowest BCUT2D eigenvalue weighted by atomic mass is 10.1. The topological polar surface area (TPSA) is 89.3 Å². The smallest absolute Gasteiger partial charge is 0.251 e. The highest BCUT2D eigenvalue weighted by Gasteiger charge is 2.14. The van der Waals surface area contributed by atoms with Gasteiger partial charge in [-0.1, -0.05) is 60.2 Å². The van der Waals surface area contributed by atoms with Crippen molar-refractivity contribution < 1.29 is 13.2 Å². The lowest BCUT2D eigenvalue weighted by molar-refractivity contribution is -0.112. The predicted molar refractivity (Wildman–Crippen MR) is 117 cm³/mol. The van der Waals surface area contributed by atoms with Crippen LogP contribution in [0.2, 0.25) is 0 Å². The van der Waals surface area contributed by atoms with Crippen LogP contribution in [0.3, 0.4) is 0 Å². The summed E-state index contributed by atoms with van der Waals surface area (Å²) < 4.78 is 23.6. The van der Waals surface area contributed by atoms with Crippen LogP contribution in [0.4, 0.5) is 5.69 Å². The molecule has 0 aromatic heterocycles. The van der Waals surface area contributed by atoms with Crippen molar-refractivity contribution in [1.29, 1.82) is 0 Å². The molecule has 0 saturated heterocycles. The molecular weight excluding hydrogens is 384 g/mol. The predicted octanol–water partition coefficient (Wildman–Crippen LogP) is 4.35. The zero-order chi connectivity index (χ0) is 21.0. The molecule has 3 aromatic rings. The first kappa shape index (κ1) is 20.5. The Kier molecular flexibility index (Phi) is 5.96. The minimum absolute atomic E-state index is 0.0636. The maximum atomic E-state index is 12.5. The average Bonchev–Trinajstić information content (AvgIpc) is 2.68. The van der Waals surface area contributed by atoms with Gasteiger partial charge in [0.05, 0.1) is 4.90 Å². The van der Waals surface area contributed by atoms with Crippen molar-refractivity contribution in [3.05, 3.63) is 89.5 Å². The van der Waals surface area contributed by atoms with Crippen LogP contribution in [0.5, 0.6) is 0 Å². The second-order valence-corrected chi connectivity index (χ2v) is 8.34. The molecule has 0 heterocycles. The van der Waals surface area contributed by atoms with E-state index in [-0.39, 0.29) is 10.8 Å². The first-order valence-corrected chi connectivity index (χ1v) is 10.6. The Morgan fingerprint density at radius 3 is 2.31 bits per heavy atom. The van der Waals surface area contributed by atoms with Gasteiger partial charge in [0.25, 0.3) is 5.91 Å². The minimum atomic E-state index is -3.83. The zero-order valence-electron chi connectivity index (χ0n) is 16.2. The molecule has 29 heavy (non-hydrogen) atoms. The summed E-state index contributed by atoms with van der Waals surface area (Å²) in [6.07, 6.45) is 1.83. The molecule has 148 valence electrons. The van der Waals surface area contributed by atoms with Crippen LogP contribution >= 0.6 is 0 Å². The van der Waals surface area contributed by atoms with E-state index in [4.69, 9.17) is 5.14 Å². The number of sulfonamides is 1. The van der Waals surface area contributed by atoms with E-state index in [9.17, 15) is 13.2 Å². The molecule has 0 spiro atoms. The monoisotopic (exact) mass is 406 g/mol. The Labute approximate surface area is 170 Å². The van der Waals surface area contributed by atoms with Gasteiger partial charge >= 0.3 is 0 Å². The number of nitrogens with two attached hydrogens (primary N) is 1. The molecule has 3 rings (SSSR count). The van der Waals surface area contributed by atoms with Crippen molar-refractivity contribution in [2.45, 2.75) is 18.7 Å². The number of hydrogen-bond donors (Lipinski definition) is 2. The molecule has 6 heteroatoms. The Morgan fingerprint density at radius 2 is 1.66 bits per heavy atom. The van der Waals surface area contributed by atoms with E-state index in [0.29, 0.717) is 22.4 Å². The molecule has 0 radical (unpaired) electrons. The quantitative estimate of drug-likeness (QED) is 0.617. The van der Waals surface area contributed by atoms with Crippen LogP contribution in [-0.2, 0) is 14.8 Å². The first-order valence-electron chi connectivity index (χ1n) is 9.02. The third-order valence-corrected chi connectivity index (χ3v) is 5.40. The van der Waals surface area contributed by atoms with Gasteiger partial charge < -0.3 is 5.32 Å². The fourth-order valence-corrected chi connectivity index (χ4v) is 3.75. The van der Waals surface area contributed by atoms with Crippen molar-refractivity contribution in [3.63, 3.8) is 0 Å². The van der Waals surface area contributed by atoms with Gasteiger partial charge in [0.1, 0.15) is 0 Å². The second-order valence-electron chi connectivity index (χ2n) is 6.81. The summed E-state index contributed by atoms with van der Waals surface area (Å²) in [6.45, 7) is 3.76. The Balaban J connectivity index is 1.79. The van der Waals surface area contributed by atoms with Gasteiger partial charge in [-0.2, -0.15) is 0 Å². The summed E-state index contributed by atoms with van der Waals surface area (Å²) in [6, 6.07) is 21.4. The molecule has 0 atom stereocenters. The van der Waals surface area contributed by atoms with Crippen LogP contribution in [0.1, 0.15) is 18.1 Å². The molecule has 3 aromatic carbocycles. The summed E-state index contributed by atoms with van der Waals surface area (Å²) in [5.74, 6) is -0.204. The standard InChI is InChI=1S/C23H22N2O3S/c1-16-6-5-7-18(14-16)15-17(2)23(26)25-20-12-10-19(11-13-20)21-8-3-4-9-22(21)29(24,27)28/h3-15H,1-2H3,(H,25,26)(H2,24,27,28)/b17-15-. The van der Waals surface area contributed by atoms with E-state index < -0.39 is 10.0 Å². The Bertz CT molecular complexity index is 1180. The van der Waals surface area contributed by atoms with Gasteiger partial charge in [0, 0.05) is 16.8 Å². The number of rotatable bonds is 5. The summed E-state index contributed by atoms with van der Waals surface area (Å²) in [4.78, 5) is 12.5. The molecule has 0 saturated carbocycles. The number of carbonyl (C=O) groups excluding carboxylic acids is 1. The van der Waals surface area contributed by atoms with Crippen molar-refractivity contribution in [2.75, 3.05) is 5.32 Å². The van der Waals surface area contributed by atoms with E-state index in [1.54, 1.807) is 49.4 Å². The van der Waals surface area contributed by atoms with Crippen LogP contribution in [0.25, 0.3) is 17.2 Å². The number of aryl methyl sites for hydroxylation is 1. The van der Waals surface area contributed by atoms with Crippen molar-refractivity contribution in [1.82, 2.24) is 0 Å². The van der Waals surface area contributed by atoms with Gasteiger partial charge in [-0.25, -0.2) is 13.6 Å². The number of hydrogen-bond acceptors (Lipinski definition) is 3. The van der Waals surface area contributed by atoms with Gasteiger partial charge in [0.15, 0.2) is 0 Å². The minimum Gasteiger partial charge on any atom is -0.322 e. The molecule has 3 N–H and O–H groups in total. The summed E-state index contributed by atoms with van der Waals surface area (Å²) >= 11 is 0. The Hall–Kier alpha value is -3.22. The number of nitrogens with one attached hydrogen (secondary N) is 1.